The van der Waals surface area contributed by atoms with Gasteiger partial charge in [-0.2, -0.15) is 0 Å². The van der Waals surface area contributed by atoms with E-state index in [1.165, 1.54) is 18.2 Å². The van der Waals surface area contributed by atoms with Crippen molar-refractivity contribution in [3.63, 3.8) is 0 Å². The van der Waals surface area contributed by atoms with Crippen LogP contribution in [-0.2, 0) is 0 Å². The number of aliphatic hydroxyl groups excluding tert-OH is 1. The van der Waals surface area contributed by atoms with Crippen molar-refractivity contribution in [2.75, 3.05) is 0 Å². The van der Waals surface area contributed by atoms with Gasteiger partial charge in [-0.25, -0.2) is 0 Å². The number of carbonyl (C=O) groups excluding carboxylic acids is 1. The van der Waals surface area contributed by atoms with Gasteiger partial charge >= 0.3 is 0 Å². The summed E-state index contributed by atoms with van der Waals surface area (Å²) in [6.45, 7) is 0. The number of nitrogens with one attached hydrogen (secondary N) is 1. The third-order valence-corrected chi connectivity index (χ3v) is 3.76. The average molecular weight is 299 g/mol. The summed E-state index contributed by atoms with van der Waals surface area (Å²) in [5.74, 6) is -0.382. The fraction of sp³-hybridized carbons (Fsp3) is 0.462. The molecule has 1 amide bonds. The molecule has 0 aromatic heterocycles. The van der Waals surface area contributed by atoms with Gasteiger partial charge in [-0.1, -0.05) is 24.4 Å². The van der Waals surface area contributed by atoms with Gasteiger partial charge in [-0.05, 0) is 25.0 Å². The normalized spacial score (nSPS) is 22.3. The van der Waals surface area contributed by atoms with Gasteiger partial charge < -0.3 is 10.4 Å². The molecule has 0 unspecified atom stereocenters. The van der Waals surface area contributed by atoms with Gasteiger partial charge in [0, 0.05) is 11.6 Å². The Morgan fingerprint density at radius 3 is 2.70 bits per heavy atom. The van der Waals surface area contributed by atoms with E-state index in [1.54, 1.807) is 0 Å². The van der Waals surface area contributed by atoms with Crippen LogP contribution in [0, 0.1) is 10.1 Å². The van der Waals surface area contributed by atoms with Gasteiger partial charge in [0.2, 0.25) is 0 Å². The summed E-state index contributed by atoms with van der Waals surface area (Å²) in [5.41, 5.74) is 0.0132. The number of nitro groups is 1. The highest BCUT2D eigenvalue weighted by molar-refractivity contribution is 6.33. The molecular formula is C13H15ClN2O4. The maximum absolute atomic E-state index is 12.0. The van der Waals surface area contributed by atoms with Crippen molar-refractivity contribution in [3.8, 4) is 0 Å². The Hall–Kier alpha value is -1.66. The van der Waals surface area contributed by atoms with Crippen LogP contribution in [0.5, 0.6) is 0 Å². The number of hydrogen-bond acceptors (Lipinski definition) is 4. The molecule has 1 aromatic carbocycles. The van der Waals surface area contributed by atoms with Crippen LogP contribution in [0.2, 0.25) is 5.02 Å². The minimum absolute atomic E-state index is 0.0770. The summed E-state index contributed by atoms with van der Waals surface area (Å²) in [7, 11) is 0. The zero-order chi connectivity index (χ0) is 14.7. The molecule has 1 aliphatic carbocycles. The largest absolute Gasteiger partial charge is 0.391 e. The molecule has 1 aromatic rings. The van der Waals surface area contributed by atoms with Crippen molar-refractivity contribution in [2.45, 2.75) is 37.8 Å². The summed E-state index contributed by atoms with van der Waals surface area (Å²) >= 11 is 5.77. The second-order valence-corrected chi connectivity index (χ2v) is 5.26. The third-order valence-electron chi connectivity index (χ3n) is 3.45. The second kappa shape index (κ2) is 6.19. The van der Waals surface area contributed by atoms with Gasteiger partial charge in [-0.15, -0.1) is 0 Å². The van der Waals surface area contributed by atoms with E-state index < -0.39 is 11.0 Å². The molecule has 1 saturated carbocycles. The molecule has 0 bridgehead atoms. The molecule has 2 N–H and O–H groups in total. The van der Waals surface area contributed by atoms with Gasteiger partial charge in [0.15, 0.2) is 0 Å². The first-order valence-corrected chi connectivity index (χ1v) is 6.79. The van der Waals surface area contributed by atoms with E-state index in [4.69, 9.17) is 11.6 Å². The first-order valence-electron chi connectivity index (χ1n) is 6.42. The van der Waals surface area contributed by atoms with Crippen LogP contribution >= 0.6 is 11.6 Å². The zero-order valence-electron chi connectivity index (χ0n) is 10.7. The SMILES string of the molecule is O=C(N[C@@H]1CCCC[C@H]1O)c1ccc([N+](=O)[O-])c(Cl)c1. The van der Waals surface area contributed by atoms with E-state index >= 15 is 0 Å². The van der Waals surface area contributed by atoms with Crippen molar-refractivity contribution in [2.24, 2.45) is 0 Å². The quantitative estimate of drug-likeness (QED) is 0.661. The molecule has 1 fully saturated rings. The Morgan fingerprint density at radius 1 is 1.40 bits per heavy atom. The minimum atomic E-state index is -0.602. The molecule has 6 nitrogen and oxygen atoms in total. The molecule has 108 valence electrons. The predicted molar refractivity (Wildman–Crippen MR) is 73.8 cm³/mol. The maximum atomic E-state index is 12.0. The summed E-state index contributed by atoms with van der Waals surface area (Å²) in [6, 6.07) is 3.55. The summed E-state index contributed by atoms with van der Waals surface area (Å²) < 4.78 is 0. The monoisotopic (exact) mass is 298 g/mol. The van der Waals surface area contributed by atoms with E-state index in [0.29, 0.717) is 6.42 Å². The summed E-state index contributed by atoms with van der Waals surface area (Å²) in [4.78, 5) is 22.1. The van der Waals surface area contributed by atoms with Crippen LogP contribution in [0.4, 0.5) is 5.69 Å². The summed E-state index contributed by atoms with van der Waals surface area (Å²) in [5, 5.41) is 23.1. The number of halogens is 1. The van der Waals surface area contributed by atoms with Gasteiger partial charge in [0.1, 0.15) is 5.02 Å². The van der Waals surface area contributed by atoms with Crippen molar-refractivity contribution < 1.29 is 14.8 Å². The summed E-state index contributed by atoms with van der Waals surface area (Å²) in [6.07, 6.45) is 2.78. The second-order valence-electron chi connectivity index (χ2n) is 4.86. The molecule has 0 radical (unpaired) electrons. The molecule has 0 aliphatic heterocycles. The highest BCUT2D eigenvalue weighted by Gasteiger charge is 2.25. The molecule has 0 heterocycles. The van der Waals surface area contributed by atoms with E-state index in [2.05, 4.69) is 5.32 Å². The lowest BCUT2D eigenvalue weighted by Crippen LogP contribution is -2.45. The van der Waals surface area contributed by atoms with Crippen molar-refractivity contribution in [3.05, 3.63) is 38.9 Å². The van der Waals surface area contributed by atoms with Crippen LogP contribution in [0.1, 0.15) is 36.0 Å². The van der Waals surface area contributed by atoms with E-state index in [-0.39, 0.29) is 28.2 Å². The Kier molecular flexibility index (Phi) is 4.57. The number of amides is 1. The van der Waals surface area contributed by atoms with Crippen molar-refractivity contribution in [1.82, 2.24) is 5.32 Å². The molecular weight excluding hydrogens is 284 g/mol. The first-order chi connectivity index (χ1) is 9.49. The van der Waals surface area contributed by atoms with Gasteiger partial charge in [-0.3, -0.25) is 14.9 Å². The van der Waals surface area contributed by atoms with Crippen LogP contribution in [-0.4, -0.2) is 28.1 Å². The topological polar surface area (TPSA) is 92.5 Å². The van der Waals surface area contributed by atoms with Crippen LogP contribution in [0.25, 0.3) is 0 Å². The standard InChI is InChI=1S/C13H15ClN2O4/c14-9-7-8(5-6-11(9)16(19)20)13(18)15-10-3-1-2-4-12(10)17/h5-7,10,12,17H,1-4H2,(H,15,18)/t10-,12-/m1/s1. The Morgan fingerprint density at radius 2 is 2.10 bits per heavy atom. The molecule has 2 atom stereocenters. The lowest BCUT2D eigenvalue weighted by molar-refractivity contribution is -0.384. The number of rotatable bonds is 3. The predicted octanol–water partition coefficient (Wildman–Crippen LogP) is 2.28. The fourth-order valence-electron chi connectivity index (χ4n) is 2.33. The molecule has 20 heavy (non-hydrogen) atoms. The Labute approximate surface area is 120 Å². The number of nitro benzene ring substituents is 1. The highest BCUT2D eigenvalue weighted by Crippen LogP contribution is 2.25. The highest BCUT2D eigenvalue weighted by atomic mass is 35.5. The Bertz CT molecular complexity index is 535. The molecule has 7 heteroatoms. The van der Waals surface area contributed by atoms with Crippen LogP contribution in [0.15, 0.2) is 18.2 Å². The first kappa shape index (κ1) is 14.7. The average Bonchev–Trinajstić information content (AvgIpc) is 2.40. The number of benzene rings is 1. The molecule has 0 saturated heterocycles. The third kappa shape index (κ3) is 3.26. The van der Waals surface area contributed by atoms with Crippen molar-refractivity contribution in [1.29, 1.82) is 0 Å². The van der Waals surface area contributed by atoms with Gasteiger partial charge in [0.05, 0.1) is 17.1 Å². The molecule has 1 aliphatic rings. The number of carbonyl (C=O) groups is 1. The zero-order valence-corrected chi connectivity index (χ0v) is 11.5. The number of aliphatic hydroxyl groups is 1. The fourth-order valence-corrected chi connectivity index (χ4v) is 2.58. The number of hydrogen-bond donors (Lipinski definition) is 2. The Balaban J connectivity index is 2.09. The van der Waals surface area contributed by atoms with E-state index in [9.17, 15) is 20.0 Å². The minimum Gasteiger partial charge on any atom is -0.391 e. The van der Waals surface area contributed by atoms with E-state index in [0.717, 1.165) is 19.3 Å². The van der Waals surface area contributed by atoms with Crippen LogP contribution in [0.3, 0.4) is 0 Å². The lowest BCUT2D eigenvalue weighted by atomic mass is 9.92. The van der Waals surface area contributed by atoms with Crippen molar-refractivity contribution >= 4 is 23.2 Å². The van der Waals surface area contributed by atoms with Crippen LogP contribution < -0.4 is 5.32 Å². The van der Waals surface area contributed by atoms with E-state index in [1.807, 2.05) is 0 Å². The maximum Gasteiger partial charge on any atom is 0.287 e. The number of nitrogens with zero attached hydrogens (tertiary/aromatic N) is 1. The lowest BCUT2D eigenvalue weighted by Gasteiger charge is -2.28. The van der Waals surface area contributed by atoms with Gasteiger partial charge in [0.25, 0.3) is 11.6 Å². The molecule has 2 rings (SSSR count). The molecule has 0 spiro atoms. The smallest absolute Gasteiger partial charge is 0.287 e.